The third-order valence-electron chi connectivity index (χ3n) is 2.61. The van der Waals surface area contributed by atoms with Crippen LogP contribution in [0, 0.1) is 6.92 Å². The summed E-state index contributed by atoms with van der Waals surface area (Å²) in [4.78, 5) is 0. The molecule has 0 heterocycles. The van der Waals surface area contributed by atoms with E-state index >= 15 is 0 Å². The van der Waals surface area contributed by atoms with E-state index < -0.39 is 0 Å². The number of benzene rings is 1. The molecule has 1 aromatic carbocycles. The number of hydrogen-bond donors (Lipinski definition) is 0. The molecule has 78 valence electrons. The third kappa shape index (κ3) is 2.95. The van der Waals surface area contributed by atoms with E-state index in [2.05, 4.69) is 56.8 Å². The first-order valence-electron chi connectivity index (χ1n) is 5.22. The van der Waals surface area contributed by atoms with Crippen molar-refractivity contribution in [2.45, 2.75) is 20.8 Å². The fraction of sp³-hybridized carbons (Fsp3) is 0.200. The highest BCUT2D eigenvalue weighted by Crippen LogP contribution is 2.17. The van der Waals surface area contributed by atoms with Crippen LogP contribution in [-0.2, 0) is 0 Å². The van der Waals surface area contributed by atoms with Gasteiger partial charge < -0.3 is 0 Å². The van der Waals surface area contributed by atoms with Crippen LogP contribution in [0.5, 0.6) is 0 Å². The Morgan fingerprint density at radius 2 is 1.93 bits per heavy atom. The zero-order valence-corrected chi connectivity index (χ0v) is 9.75. The Kier molecular flexibility index (Phi) is 4.11. The van der Waals surface area contributed by atoms with Crippen molar-refractivity contribution < 1.29 is 0 Å². The van der Waals surface area contributed by atoms with Gasteiger partial charge in [0, 0.05) is 0 Å². The van der Waals surface area contributed by atoms with Gasteiger partial charge in [-0.15, -0.1) is 0 Å². The van der Waals surface area contributed by atoms with E-state index in [9.17, 15) is 0 Å². The van der Waals surface area contributed by atoms with Crippen LogP contribution in [0.3, 0.4) is 0 Å². The number of allylic oxidation sites excluding steroid dienone is 4. The zero-order valence-electron chi connectivity index (χ0n) is 9.75. The molecule has 0 spiro atoms. The topological polar surface area (TPSA) is 0 Å². The highest BCUT2D eigenvalue weighted by molar-refractivity contribution is 5.63. The lowest BCUT2D eigenvalue weighted by atomic mass is 10.0. The lowest BCUT2D eigenvalue weighted by molar-refractivity contribution is 1.39. The zero-order chi connectivity index (χ0) is 11.3. The first kappa shape index (κ1) is 11.5. The number of aryl methyl sites for hydroxylation is 1. The molecular formula is C15H18. The summed E-state index contributed by atoms with van der Waals surface area (Å²) in [5.41, 5.74) is 4.99. The van der Waals surface area contributed by atoms with Crippen molar-refractivity contribution in [3.05, 3.63) is 65.3 Å². The van der Waals surface area contributed by atoms with E-state index in [-0.39, 0.29) is 0 Å². The Labute approximate surface area is 92.6 Å². The summed E-state index contributed by atoms with van der Waals surface area (Å²) >= 11 is 0. The normalized spacial score (nSPS) is 12.7. The van der Waals surface area contributed by atoms with Crippen LogP contribution in [0.4, 0.5) is 0 Å². The van der Waals surface area contributed by atoms with E-state index in [1.807, 2.05) is 13.0 Å². The fourth-order valence-corrected chi connectivity index (χ4v) is 1.42. The average molecular weight is 198 g/mol. The standard InChI is InChI=1S/C15H18/c1-5-12(3)14(6-2)11-15-10-8-7-9-13(15)4/h5-11H,2H2,1,3-4H3/b12-5+,14-11+. The van der Waals surface area contributed by atoms with Gasteiger partial charge >= 0.3 is 0 Å². The Morgan fingerprint density at radius 3 is 2.47 bits per heavy atom. The molecule has 0 nitrogen and oxygen atoms in total. The highest BCUT2D eigenvalue weighted by Gasteiger charge is 1.97. The van der Waals surface area contributed by atoms with Gasteiger partial charge in [-0.05, 0) is 49.1 Å². The van der Waals surface area contributed by atoms with Gasteiger partial charge in [0.2, 0.25) is 0 Å². The van der Waals surface area contributed by atoms with Crippen LogP contribution in [0.25, 0.3) is 6.08 Å². The van der Waals surface area contributed by atoms with Gasteiger partial charge in [0.15, 0.2) is 0 Å². The van der Waals surface area contributed by atoms with E-state index in [1.165, 1.54) is 22.3 Å². The molecule has 0 radical (unpaired) electrons. The van der Waals surface area contributed by atoms with Crippen molar-refractivity contribution in [2.75, 3.05) is 0 Å². The van der Waals surface area contributed by atoms with E-state index in [0.29, 0.717) is 0 Å². The summed E-state index contributed by atoms with van der Waals surface area (Å²) in [6.07, 6.45) is 6.19. The summed E-state index contributed by atoms with van der Waals surface area (Å²) in [5, 5.41) is 0. The molecule has 0 bridgehead atoms. The smallest absolute Gasteiger partial charge is 0.0221 e. The Hall–Kier alpha value is -1.56. The predicted octanol–water partition coefficient (Wildman–Crippen LogP) is 4.53. The summed E-state index contributed by atoms with van der Waals surface area (Å²) < 4.78 is 0. The molecule has 0 saturated heterocycles. The molecule has 0 unspecified atom stereocenters. The maximum absolute atomic E-state index is 3.85. The van der Waals surface area contributed by atoms with E-state index in [1.54, 1.807) is 0 Å². The van der Waals surface area contributed by atoms with Gasteiger partial charge in [-0.2, -0.15) is 0 Å². The minimum atomic E-state index is 1.19. The first-order valence-corrected chi connectivity index (χ1v) is 5.22. The van der Waals surface area contributed by atoms with Gasteiger partial charge in [-0.1, -0.05) is 43.0 Å². The maximum atomic E-state index is 3.85. The molecule has 0 aliphatic rings. The minimum absolute atomic E-state index is 1.19. The molecule has 0 heteroatoms. The molecule has 0 aromatic heterocycles. The summed E-state index contributed by atoms with van der Waals surface area (Å²) in [7, 11) is 0. The fourth-order valence-electron chi connectivity index (χ4n) is 1.42. The van der Waals surface area contributed by atoms with E-state index in [0.717, 1.165) is 0 Å². The minimum Gasteiger partial charge on any atom is -0.0985 e. The Bertz CT molecular complexity index is 406. The van der Waals surface area contributed by atoms with Crippen LogP contribution >= 0.6 is 0 Å². The van der Waals surface area contributed by atoms with Crippen molar-refractivity contribution in [1.29, 1.82) is 0 Å². The lowest BCUT2D eigenvalue weighted by Crippen LogP contribution is -1.84. The van der Waals surface area contributed by atoms with Gasteiger partial charge in [0.1, 0.15) is 0 Å². The Morgan fingerprint density at radius 1 is 1.27 bits per heavy atom. The second-order valence-electron chi connectivity index (χ2n) is 3.63. The van der Waals surface area contributed by atoms with Gasteiger partial charge in [0.25, 0.3) is 0 Å². The second-order valence-corrected chi connectivity index (χ2v) is 3.63. The quantitative estimate of drug-likeness (QED) is 0.626. The molecule has 0 aliphatic carbocycles. The van der Waals surface area contributed by atoms with Crippen LogP contribution < -0.4 is 0 Å². The number of hydrogen-bond acceptors (Lipinski definition) is 0. The molecule has 0 amide bonds. The molecule has 0 fully saturated rings. The maximum Gasteiger partial charge on any atom is -0.0221 e. The predicted molar refractivity (Wildman–Crippen MR) is 68.8 cm³/mol. The highest BCUT2D eigenvalue weighted by atomic mass is 14.0. The van der Waals surface area contributed by atoms with E-state index in [4.69, 9.17) is 0 Å². The van der Waals surface area contributed by atoms with Gasteiger partial charge in [0.05, 0.1) is 0 Å². The second kappa shape index (κ2) is 5.35. The molecule has 1 rings (SSSR count). The molecule has 0 saturated carbocycles. The van der Waals surface area contributed by atoms with Crippen LogP contribution in [0.15, 0.2) is 54.1 Å². The largest absolute Gasteiger partial charge is 0.0985 e. The molecular weight excluding hydrogens is 180 g/mol. The van der Waals surface area contributed by atoms with Crippen LogP contribution in [-0.4, -0.2) is 0 Å². The monoisotopic (exact) mass is 198 g/mol. The van der Waals surface area contributed by atoms with Gasteiger partial charge in [-0.3, -0.25) is 0 Å². The Balaban J connectivity index is 3.15. The third-order valence-corrected chi connectivity index (χ3v) is 2.61. The summed E-state index contributed by atoms with van der Waals surface area (Å²) in [5.74, 6) is 0. The average Bonchev–Trinajstić information content (AvgIpc) is 2.27. The number of rotatable bonds is 3. The van der Waals surface area contributed by atoms with Crippen LogP contribution in [0.1, 0.15) is 25.0 Å². The van der Waals surface area contributed by atoms with Crippen molar-refractivity contribution in [3.63, 3.8) is 0 Å². The van der Waals surface area contributed by atoms with Crippen molar-refractivity contribution in [2.24, 2.45) is 0 Å². The summed E-state index contributed by atoms with van der Waals surface area (Å²) in [6.45, 7) is 10.1. The van der Waals surface area contributed by atoms with Gasteiger partial charge in [-0.25, -0.2) is 0 Å². The van der Waals surface area contributed by atoms with Crippen molar-refractivity contribution in [1.82, 2.24) is 0 Å². The molecule has 1 aromatic rings. The summed E-state index contributed by atoms with van der Waals surface area (Å²) in [6, 6.07) is 8.37. The first-order chi connectivity index (χ1) is 7.19. The lowest BCUT2D eigenvalue weighted by Gasteiger charge is -2.04. The van der Waals surface area contributed by atoms with Crippen molar-refractivity contribution in [3.8, 4) is 0 Å². The molecule has 15 heavy (non-hydrogen) atoms. The SMILES string of the molecule is C=CC(=C\c1ccccc1C)/C(C)=C/C. The molecule has 0 atom stereocenters. The van der Waals surface area contributed by atoms with Crippen LogP contribution in [0.2, 0.25) is 0 Å². The van der Waals surface area contributed by atoms with Crippen molar-refractivity contribution >= 4 is 6.08 Å². The molecule has 0 aliphatic heterocycles. The molecule has 0 N–H and O–H groups in total.